The summed E-state index contributed by atoms with van der Waals surface area (Å²) in [5.41, 5.74) is 1.00. The van der Waals surface area contributed by atoms with Gasteiger partial charge in [-0.05, 0) is 18.4 Å². The highest BCUT2D eigenvalue weighted by molar-refractivity contribution is 5.82. The number of nitrogens with one attached hydrogen (secondary N) is 1. The maximum absolute atomic E-state index is 13.0. The van der Waals surface area contributed by atoms with Crippen LogP contribution in [-0.4, -0.2) is 84.8 Å². The molecular formula is C23H32N4O3. The van der Waals surface area contributed by atoms with Gasteiger partial charge in [-0.25, -0.2) is 0 Å². The second kappa shape index (κ2) is 10.9. The molecule has 162 valence electrons. The molecule has 2 heterocycles. The van der Waals surface area contributed by atoms with E-state index in [2.05, 4.69) is 16.8 Å². The lowest BCUT2D eigenvalue weighted by Crippen LogP contribution is -2.54. The topological polar surface area (TPSA) is 73.0 Å². The van der Waals surface area contributed by atoms with Crippen molar-refractivity contribution in [2.45, 2.75) is 19.3 Å². The Hall–Kier alpha value is -2.67. The van der Waals surface area contributed by atoms with Gasteiger partial charge in [-0.1, -0.05) is 36.4 Å². The maximum Gasteiger partial charge on any atom is 0.234 e. The lowest BCUT2D eigenvalue weighted by atomic mass is 9.95. The van der Waals surface area contributed by atoms with Gasteiger partial charge in [-0.2, -0.15) is 0 Å². The minimum absolute atomic E-state index is 0.0190. The Bertz CT molecular complexity index is 744. The van der Waals surface area contributed by atoms with Crippen molar-refractivity contribution in [1.29, 1.82) is 0 Å². The number of hydrogen-bond acceptors (Lipinski definition) is 4. The summed E-state index contributed by atoms with van der Waals surface area (Å²) in [6, 6.07) is 9.74. The minimum Gasteiger partial charge on any atom is -0.352 e. The Morgan fingerprint density at radius 1 is 1.03 bits per heavy atom. The van der Waals surface area contributed by atoms with Crippen LogP contribution in [0.3, 0.4) is 0 Å². The van der Waals surface area contributed by atoms with Crippen LogP contribution < -0.4 is 5.32 Å². The fourth-order valence-electron chi connectivity index (χ4n) is 4.12. The first-order chi connectivity index (χ1) is 14.6. The Morgan fingerprint density at radius 3 is 2.47 bits per heavy atom. The number of likely N-dealkylation sites (tertiary alicyclic amines) is 1. The second-order valence-electron chi connectivity index (χ2n) is 8.04. The largest absolute Gasteiger partial charge is 0.352 e. The quantitative estimate of drug-likeness (QED) is 0.676. The number of piperidine rings is 1. The highest BCUT2D eigenvalue weighted by Crippen LogP contribution is 2.20. The average Bonchev–Trinajstić information content (AvgIpc) is 2.78. The molecule has 0 aliphatic carbocycles. The van der Waals surface area contributed by atoms with Gasteiger partial charge < -0.3 is 15.1 Å². The molecule has 0 bridgehead atoms. The molecule has 2 fully saturated rings. The van der Waals surface area contributed by atoms with Crippen LogP contribution >= 0.6 is 0 Å². The maximum atomic E-state index is 13.0. The molecule has 0 saturated carbocycles. The zero-order valence-corrected chi connectivity index (χ0v) is 17.6. The van der Waals surface area contributed by atoms with E-state index in [-0.39, 0.29) is 23.6 Å². The van der Waals surface area contributed by atoms with Gasteiger partial charge in [-0.15, -0.1) is 6.58 Å². The molecule has 0 radical (unpaired) electrons. The molecule has 1 atom stereocenters. The third-order valence-electron chi connectivity index (χ3n) is 5.82. The van der Waals surface area contributed by atoms with Crippen molar-refractivity contribution >= 4 is 17.7 Å². The minimum atomic E-state index is -0.124. The first-order valence-corrected chi connectivity index (χ1v) is 10.8. The SMILES string of the molecule is C=CCNC(=O)CN1CCN(C(=O)C2CCCN(C(=O)Cc3ccccc3)C2)CC1. The Kier molecular flexibility index (Phi) is 8.02. The summed E-state index contributed by atoms with van der Waals surface area (Å²) < 4.78 is 0. The highest BCUT2D eigenvalue weighted by atomic mass is 16.2. The smallest absolute Gasteiger partial charge is 0.234 e. The Balaban J connectivity index is 1.45. The first kappa shape index (κ1) is 22.0. The van der Waals surface area contributed by atoms with E-state index in [9.17, 15) is 14.4 Å². The number of amides is 3. The summed E-state index contributed by atoms with van der Waals surface area (Å²) in [6.07, 6.45) is 3.74. The van der Waals surface area contributed by atoms with E-state index in [4.69, 9.17) is 0 Å². The second-order valence-corrected chi connectivity index (χ2v) is 8.04. The summed E-state index contributed by atoms with van der Waals surface area (Å²) in [4.78, 5) is 43.4. The van der Waals surface area contributed by atoms with Crippen LogP contribution in [0.15, 0.2) is 43.0 Å². The summed E-state index contributed by atoms with van der Waals surface area (Å²) >= 11 is 0. The molecule has 2 aliphatic heterocycles. The van der Waals surface area contributed by atoms with Gasteiger partial charge in [0.15, 0.2) is 0 Å². The summed E-state index contributed by atoms with van der Waals surface area (Å²) in [5, 5.41) is 2.78. The van der Waals surface area contributed by atoms with Crippen molar-refractivity contribution in [2.24, 2.45) is 5.92 Å². The van der Waals surface area contributed by atoms with Crippen LogP contribution in [0.5, 0.6) is 0 Å². The van der Waals surface area contributed by atoms with Gasteiger partial charge >= 0.3 is 0 Å². The van der Waals surface area contributed by atoms with Crippen molar-refractivity contribution < 1.29 is 14.4 Å². The molecule has 2 saturated heterocycles. The average molecular weight is 413 g/mol. The van der Waals surface area contributed by atoms with Crippen molar-refractivity contribution in [3.63, 3.8) is 0 Å². The molecule has 1 aromatic rings. The molecule has 1 unspecified atom stereocenters. The molecular weight excluding hydrogens is 380 g/mol. The van der Waals surface area contributed by atoms with Crippen LogP contribution in [0.25, 0.3) is 0 Å². The number of benzene rings is 1. The predicted molar refractivity (Wildman–Crippen MR) is 116 cm³/mol. The molecule has 1 N–H and O–H groups in total. The van der Waals surface area contributed by atoms with Crippen LogP contribution in [0.2, 0.25) is 0 Å². The van der Waals surface area contributed by atoms with Gasteiger partial charge in [-0.3, -0.25) is 19.3 Å². The van der Waals surface area contributed by atoms with Crippen LogP contribution in [0.1, 0.15) is 18.4 Å². The van der Waals surface area contributed by atoms with Gasteiger partial charge in [0.1, 0.15) is 0 Å². The lowest BCUT2D eigenvalue weighted by Gasteiger charge is -2.38. The molecule has 3 rings (SSSR count). The molecule has 1 aromatic carbocycles. The monoisotopic (exact) mass is 412 g/mol. The van der Waals surface area contributed by atoms with E-state index in [1.165, 1.54) is 0 Å². The molecule has 0 spiro atoms. The van der Waals surface area contributed by atoms with Crippen LogP contribution in [0.4, 0.5) is 0 Å². The summed E-state index contributed by atoms with van der Waals surface area (Å²) in [5.74, 6) is 0.0902. The number of nitrogens with zero attached hydrogens (tertiary/aromatic N) is 3. The van der Waals surface area contributed by atoms with E-state index >= 15 is 0 Å². The molecule has 30 heavy (non-hydrogen) atoms. The van der Waals surface area contributed by atoms with Crippen molar-refractivity contribution in [3.05, 3.63) is 48.6 Å². The zero-order chi connectivity index (χ0) is 21.3. The number of carbonyl (C=O) groups is 3. The zero-order valence-electron chi connectivity index (χ0n) is 17.6. The van der Waals surface area contributed by atoms with Crippen molar-refractivity contribution in [1.82, 2.24) is 20.0 Å². The van der Waals surface area contributed by atoms with Crippen LogP contribution in [-0.2, 0) is 20.8 Å². The molecule has 7 heteroatoms. The number of carbonyl (C=O) groups excluding carboxylic acids is 3. The van der Waals surface area contributed by atoms with Gasteiger partial charge in [0.25, 0.3) is 0 Å². The Labute approximate surface area is 178 Å². The first-order valence-electron chi connectivity index (χ1n) is 10.8. The summed E-state index contributed by atoms with van der Waals surface area (Å²) in [6.45, 7) is 8.28. The van der Waals surface area contributed by atoms with E-state index < -0.39 is 0 Å². The van der Waals surface area contributed by atoms with Crippen molar-refractivity contribution in [3.8, 4) is 0 Å². The molecule has 2 aliphatic rings. The van der Waals surface area contributed by atoms with E-state index in [0.717, 1.165) is 24.9 Å². The lowest BCUT2D eigenvalue weighted by molar-refractivity contribution is -0.142. The summed E-state index contributed by atoms with van der Waals surface area (Å²) in [7, 11) is 0. The standard InChI is InChI=1S/C23H32N4O3/c1-2-10-24-21(28)18-25-12-14-26(15-13-25)23(30)20-9-6-11-27(17-20)22(29)16-19-7-4-3-5-8-19/h2-5,7-8,20H,1,6,9-18H2,(H,24,28). The number of piperazine rings is 1. The van der Waals surface area contributed by atoms with E-state index in [1.807, 2.05) is 40.1 Å². The van der Waals surface area contributed by atoms with Crippen LogP contribution in [0, 0.1) is 5.92 Å². The normalized spacial score (nSPS) is 19.9. The van der Waals surface area contributed by atoms with E-state index in [1.54, 1.807) is 6.08 Å². The van der Waals surface area contributed by atoms with Gasteiger partial charge in [0.05, 0.1) is 18.9 Å². The fraction of sp³-hybridized carbons (Fsp3) is 0.522. The highest BCUT2D eigenvalue weighted by Gasteiger charge is 2.32. The van der Waals surface area contributed by atoms with Gasteiger partial charge in [0, 0.05) is 45.8 Å². The predicted octanol–water partition coefficient (Wildman–Crippen LogP) is 0.914. The van der Waals surface area contributed by atoms with Crippen molar-refractivity contribution in [2.75, 3.05) is 52.4 Å². The number of hydrogen-bond donors (Lipinski definition) is 1. The molecule has 0 aromatic heterocycles. The fourth-order valence-corrected chi connectivity index (χ4v) is 4.12. The number of rotatable bonds is 7. The third kappa shape index (κ3) is 6.16. The third-order valence-corrected chi connectivity index (χ3v) is 5.82. The van der Waals surface area contributed by atoms with E-state index in [0.29, 0.717) is 52.2 Å². The van der Waals surface area contributed by atoms with Gasteiger partial charge in [0.2, 0.25) is 17.7 Å². The molecule has 3 amide bonds. The Morgan fingerprint density at radius 2 is 1.77 bits per heavy atom. The molecule has 7 nitrogen and oxygen atoms in total.